The third-order valence-corrected chi connectivity index (χ3v) is 6.84. The van der Waals surface area contributed by atoms with Gasteiger partial charge in [-0.1, -0.05) is 19.8 Å². The number of hydrogen-bond acceptors (Lipinski definition) is 6. The standard InChI is InChI=1S/C20H30N2O6S/c1-4-15(2)21-19(23)14-28-20(24)17-13-16(9-10-18(17)27-3)29(25,26)22-11-7-5-6-8-12-22/h9-10,13,15H,4-8,11-12,14H2,1-3H3,(H,21,23)/t15-/m0/s1. The fourth-order valence-electron chi connectivity index (χ4n) is 3.07. The Balaban J connectivity index is 2.19. The van der Waals surface area contributed by atoms with Crippen molar-refractivity contribution < 1.29 is 27.5 Å². The van der Waals surface area contributed by atoms with Crippen LogP contribution in [0.25, 0.3) is 0 Å². The lowest BCUT2D eigenvalue weighted by Gasteiger charge is -2.20. The van der Waals surface area contributed by atoms with Crippen LogP contribution in [-0.2, 0) is 19.6 Å². The minimum atomic E-state index is -3.73. The zero-order chi connectivity index (χ0) is 21.4. The van der Waals surface area contributed by atoms with Crippen LogP contribution in [0.3, 0.4) is 0 Å². The number of ether oxygens (including phenoxy) is 2. The SMILES string of the molecule is CC[C@H](C)NC(=O)COC(=O)c1cc(S(=O)(=O)N2CCCCCC2)ccc1OC. The minimum Gasteiger partial charge on any atom is -0.496 e. The fraction of sp³-hybridized carbons (Fsp3) is 0.600. The van der Waals surface area contributed by atoms with Crippen LogP contribution in [0.4, 0.5) is 0 Å². The van der Waals surface area contributed by atoms with Crippen molar-refractivity contribution in [3.05, 3.63) is 23.8 Å². The molecule has 1 aliphatic rings. The Kier molecular flexibility index (Phi) is 8.45. The minimum absolute atomic E-state index is 0.0104. The summed E-state index contributed by atoms with van der Waals surface area (Å²) in [5.74, 6) is -1.04. The van der Waals surface area contributed by atoms with E-state index in [1.807, 2.05) is 13.8 Å². The van der Waals surface area contributed by atoms with Crippen molar-refractivity contribution in [3.63, 3.8) is 0 Å². The van der Waals surface area contributed by atoms with Gasteiger partial charge in [-0.15, -0.1) is 0 Å². The van der Waals surface area contributed by atoms with Gasteiger partial charge in [-0.3, -0.25) is 4.79 Å². The predicted octanol–water partition coefficient (Wildman–Crippen LogP) is 2.33. The third kappa shape index (κ3) is 6.17. The molecule has 1 aliphatic heterocycles. The quantitative estimate of drug-likeness (QED) is 0.640. The van der Waals surface area contributed by atoms with Gasteiger partial charge in [-0.05, 0) is 44.4 Å². The number of hydrogen-bond donors (Lipinski definition) is 1. The Morgan fingerprint density at radius 1 is 1.17 bits per heavy atom. The van der Waals surface area contributed by atoms with E-state index in [4.69, 9.17) is 9.47 Å². The molecular formula is C20H30N2O6S. The maximum absolute atomic E-state index is 13.0. The second-order valence-corrected chi connectivity index (χ2v) is 9.07. The maximum atomic E-state index is 13.0. The zero-order valence-corrected chi connectivity index (χ0v) is 18.1. The molecule has 0 unspecified atom stereocenters. The van der Waals surface area contributed by atoms with E-state index in [1.165, 1.54) is 29.6 Å². The first-order valence-corrected chi connectivity index (χ1v) is 11.4. The van der Waals surface area contributed by atoms with Crippen molar-refractivity contribution in [2.75, 3.05) is 26.8 Å². The van der Waals surface area contributed by atoms with Crippen LogP contribution in [0.1, 0.15) is 56.3 Å². The normalized spacial score (nSPS) is 16.5. The lowest BCUT2D eigenvalue weighted by Crippen LogP contribution is -2.35. The maximum Gasteiger partial charge on any atom is 0.342 e. The number of sulfonamides is 1. The van der Waals surface area contributed by atoms with Crippen molar-refractivity contribution in [3.8, 4) is 5.75 Å². The fourth-order valence-corrected chi connectivity index (χ4v) is 4.61. The van der Waals surface area contributed by atoms with Gasteiger partial charge in [0.25, 0.3) is 5.91 Å². The molecule has 1 aromatic rings. The number of nitrogens with one attached hydrogen (secondary N) is 1. The van der Waals surface area contributed by atoms with Gasteiger partial charge in [0.1, 0.15) is 11.3 Å². The summed E-state index contributed by atoms with van der Waals surface area (Å²) in [7, 11) is -2.35. The summed E-state index contributed by atoms with van der Waals surface area (Å²) in [6.45, 7) is 4.25. The molecule has 0 spiro atoms. The van der Waals surface area contributed by atoms with Crippen LogP contribution in [0, 0.1) is 0 Å². The molecule has 1 fully saturated rings. The average Bonchev–Trinajstić information content (AvgIpc) is 3.01. The smallest absolute Gasteiger partial charge is 0.342 e. The number of methoxy groups -OCH3 is 1. The molecule has 1 heterocycles. The van der Waals surface area contributed by atoms with E-state index in [2.05, 4.69) is 5.32 Å². The first kappa shape index (κ1) is 23.2. The number of carbonyl (C=O) groups is 2. The molecule has 1 amide bonds. The van der Waals surface area contributed by atoms with E-state index in [-0.39, 0.29) is 22.3 Å². The Labute approximate surface area is 172 Å². The molecule has 0 saturated carbocycles. The number of rotatable bonds is 8. The Hall–Kier alpha value is -2.13. The van der Waals surface area contributed by atoms with Crippen LogP contribution < -0.4 is 10.1 Å². The summed E-state index contributed by atoms with van der Waals surface area (Å²) in [5, 5.41) is 2.70. The van der Waals surface area contributed by atoms with Crippen LogP contribution in [0.2, 0.25) is 0 Å². The molecule has 9 heteroatoms. The number of carbonyl (C=O) groups excluding carboxylic acids is 2. The number of nitrogens with zero attached hydrogens (tertiary/aromatic N) is 1. The van der Waals surface area contributed by atoms with E-state index in [1.54, 1.807) is 0 Å². The number of benzene rings is 1. The van der Waals surface area contributed by atoms with Crippen LogP contribution in [-0.4, -0.2) is 57.4 Å². The summed E-state index contributed by atoms with van der Waals surface area (Å²) >= 11 is 0. The molecule has 1 aromatic carbocycles. The molecule has 1 saturated heterocycles. The van der Waals surface area contributed by atoms with Gasteiger partial charge < -0.3 is 14.8 Å². The Morgan fingerprint density at radius 2 is 1.83 bits per heavy atom. The summed E-state index contributed by atoms with van der Waals surface area (Å²) < 4.78 is 37.7. The second-order valence-electron chi connectivity index (χ2n) is 7.13. The van der Waals surface area contributed by atoms with E-state index >= 15 is 0 Å². The van der Waals surface area contributed by atoms with Crippen molar-refractivity contribution >= 4 is 21.9 Å². The Bertz CT molecular complexity index is 816. The van der Waals surface area contributed by atoms with Gasteiger partial charge in [-0.2, -0.15) is 4.31 Å². The summed E-state index contributed by atoms with van der Waals surface area (Å²) in [6.07, 6.45) is 4.39. The number of esters is 1. The molecule has 0 bridgehead atoms. The van der Waals surface area contributed by atoms with E-state index in [0.717, 1.165) is 32.1 Å². The van der Waals surface area contributed by atoms with Gasteiger partial charge in [0, 0.05) is 19.1 Å². The highest BCUT2D eigenvalue weighted by Gasteiger charge is 2.27. The highest BCUT2D eigenvalue weighted by molar-refractivity contribution is 7.89. The van der Waals surface area contributed by atoms with Crippen molar-refractivity contribution in [1.29, 1.82) is 0 Å². The van der Waals surface area contributed by atoms with E-state index in [9.17, 15) is 18.0 Å². The lowest BCUT2D eigenvalue weighted by molar-refractivity contribution is -0.124. The van der Waals surface area contributed by atoms with Crippen LogP contribution in [0.15, 0.2) is 23.1 Å². The molecule has 8 nitrogen and oxygen atoms in total. The molecule has 2 rings (SSSR count). The molecule has 0 radical (unpaired) electrons. The highest BCUT2D eigenvalue weighted by Crippen LogP contribution is 2.26. The molecule has 0 aliphatic carbocycles. The monoisotopic (exact) mass is 426 g/mol. The number of amides is 1. The van der Waals surface area contributed by atoms with E-state index in [0.29, 0.717) is 13.1 Å². The third-order valence-electron chi connectivity index (χ3n) is 4.95. The van der Waals surface area contributed by atoms with Gasteiger partial charge >= 0.3 is 5.97 Å². The summed E-state index contributed by atoms with van der Waals surface area (Å²) in [4.78, 5) is 24.4. The lowest BCUT2D eigenvalue weighted by atomic mass is 10.2. The van der Waals surface area contributed by atoms with Gasteiger partial charge in [0.15, 0.2) is 6.61 Å². The molecule has 0 aromatic heterocycles. The predicted molar refractivity (Wildman–Crippen MR) is 108 cm³/mol. The molecule has 1 N–H and O–H groups in total. The van der Waals surface area contributed by atoms with Crippen LogP contribution >= 0.6 is 0 Å². The molecule has 29 heavy (non-hydrogen) atoms. The molecular weight excluding hydrogens is 396 g/mol. The van der Waals surface area contributed by atoms with Crippen molar-refractivity contribution in [2.45, 2.75) is 56.9 Å². The first-order chi connectivity index (χ1) is 13.8. The Morgan fingerprint density at radius 3 is 2.41 bits per heavy atom. The zero-order valence-electron chi connectivity index (χ0n) is 17.3. The van der Waals surface area contributed by atoms with E-state index < -0.39 is 28.5 Å². The highest BCUT2D eigenvalue weighted by atomic mass is 32.2. The van der Waals surface area contributed by atoms with Crippen molar-refractivity contribution in [2.24, 2.45) is 0 Å². The molecule has 162 valence electrons. The summed E-state index contributed by atoms with van der Waals surface area (Å²) in [6, 6.07) is 4.08. The van der Waals surface area contributed by atoms with Gasteiger partial charge in [-0.25, -0.2) is 13.2 Å². The topological polar surface area (TPSA) is 102 Å². The molecule has 1 atom stereocenters. The van der Waals surface area contributed by atoms with Crippen molar-refractivity contribution in [1.82, 2.24) is 9.62 Å². The van der Waals surface area contributed by atoms with Gasteiger partial charge in [0.2, 0.25) is 10.0 Å². The largest absolute Gasteiger partial charge is 0.496 e. The van der Waals surface area contributed by atoms with Gasteiger partial charge in [0.05, 0.1) is 12.0 Å². The van der Waals surface area contributed by atoms with Crippen LogP contribution in [0.5, 0.6) is 5.75 Å². The average molecular weight is 427 g/mol. The second kappa shape index (κ2) is 10.6. The summed E-state index contributed by atoms with van der Waals surface area (Å²) in [5.41, 5.74) is -0.0280. The first-order valence-electron chi connectivity index (χ1n) is 9.94.